The zero-order chi connectivity index (χ0) is 13.3. The lowest BCUT2D eigenvalue weighted by molar-refractivity contribution is -0.0553. The minimum atomic E-state index is -0.0930. The third-order valence-electron chi connectivity index (χ3n) is 3.05. The average Bonchev–Trinajstić information content (AvgIpc) is 2.22. The van der Waals surface area contributed by atoms with Crippen molar-refractivity contribution in [1.82, 2.24) is 0 Å². The number of hydrogen-bond donors (Lipinski definition) is 1. The molecule has 1 atom stereocenters. The van der Waals surface area contributed by atoms with Crippen LogP contribution in [0.5, 0.6) is 0 Å². The first kappa shape index (κ1) is 14.4. The van der Waals surface area contributed by atoms with Gasteiger partial charge in [0.05, 0.1) is 21.3 Å². The first-order valence-corrected chi connectivity index (χ1v) is 7.47. The highest BCUT2D eigenvalue weighted by molar-refractivity contribution is 9.10. The second-order valence-corrected chi connectivity index (χ2v) is 6.92. The molecule has 0 amide bonds. The predicted octanol–water partition coefficient (Wildman–Crippen LogP) is 5.13. The van der Waals surface area contributed by atoms with Crippen molar-refractivity contribution in [2.75, 3.05) is 11.9 Å². The molecule has 0 spiro atoms. The molecule has 1 aromatic carbocycles. The van der Waals surface area contributed by atoms with Gasteiger partial charge < -0.3 is 10.1 Å². The lowest BCUT2D eigenvalue weighted by Crippen LogP contribution is -2.40. The molecule has 1 aromatic rings. The van der Waals surface area contributed by atoms with Crippen LogP contribution in [-0.4, -0.2) is 18.2 Å². The maximum absolute atomic E-state index is 6.22. The average molecular weight is 353 g/mol. The van der Waals surface area contributed by atoms with E-state index in [-0.39, 0.29) is 5.60 Å². The summed E-state index contributed by atoms with van der Waals surface area (Å²) in [6.45, 7) is 4.97. The summed E-state index contributed by atoms with van der Waals surface area (Å²) < 4.78 is 6.58. The van der Waals surface area contributed by atoms with Crippen LogP contribution in [0.4, 0.5) is 5.69 Å². The standard InChI is InChI=1S/C13H16BrCl2NO/c1-13(2)7-9(3-4-18-13)17-12-10(15)5-8(14)6-11(12)16/h5-6,9,17H,3-4,7H2,1-2H3. The third kappa shape index (κ3) is 3.53. The second kappa shape index (κ2) is 5.58. The predicted molar refractivity (Wildman–Crippen MR) is 80.8 cm³/mol. The van der Waals surface area contributed by atoms with E-state index in [0.29, 0.717) is 16.1 Å². The maximum atomic E-state index is 6.22. The Hall–Kier alpha value is 0.0400. The molecule has 2 nitrogen and oxygen atoms in total. The van der Waals surface area contributed by atoms with Crippen LogP contribution in [0.3, 0.4) is 0 Å². The van der Waals surface area contributed by atoms with E-state index in [9.17, 15) is 0 Å². The van der Waals surface area contributed by atoms with E-state index >= 15 is 0 Å². The highest BCUT2D eigenvalue weighted by Gasteiger charge is 2.29. The Morgan fingerprint density at radius 2 is 1.94 bits per heavy atom. The Labute approximate surface area is 126 Å². The molecule has 5 heteroatoms. The van der Waals surface area contributed by atoms with Gasteiger partial charge in [0.1, 0.15) is 0 Å². The van der Waals surface area contributed by atoms with Gasteiger partial charge in [-0.3, -0.25) is 0 Å². The van der Waals surface area contributed by atoms with E-state index in [2.05, 4.69) is 35.1 Å². The van der Waals surface area contributed by atoms with E-state index in [0.717, 1.165) is 29.6 Å². The minimum absolute atomic E-state index is 0.0930. The fourth-order valence-corrected chi connectivity index (χ4v) is 3.56. The summed E-state index contributed by atoms with van der Waals surface area (Å²) in [5, 5.41) is 4.71. The summed E-state index contributed by atoms with van der Waals surface area (Å²) in [5.41, 5.74) is 0.716. The van der Waals surface area contributed by atoms with Gasteiger partial charge in [-0.2, -0.15) is 0 Å². The fraction of sp³-hybridized carbons (Fsp3) is 0.538. The molecule has 1 N–H and O–H groups in total. The summed E-state index contributed by atoms with van der Waals surface area (Å²) in [5.74, 6) is 0. The first-order valence-electron chi connectivity index (χ1n) is 5.92. The van der Waals surface area contributed by atoms with Gasteiger partial charge in [-0.15, -0.1) is 0 Å². The highest BCUT2D eigenvalue weighted by atomic mass is 79.9. The first-order chi connectivity index (χ1) is 8.37. The Morgan fingerprint density at radius 1 is 1.33 bits per heavy atom. The molecule has 1 saturated heterocycles. The topological polar surface area (TPSA) is 21.3 Å². The zero-order valence-electron chi connectivity index (χ0n) is 10.4. The molecule has 1 heterocycles. The van der Waals surface area contributed by atoms with Crippen LogP contribution in [0.2, 0.25) is 10.0 Å². The van der Waals surface area contributed by atoms with E-state index in [1.54, 1.807) is 0 Å². The molecule has 2 rings (SSSR count). The largest absolute Gasteiger partial charge is 0.380 e. The third-order valence-corrected chi connectivity index (χ3v) is 4.11. The number of benzene rings is 1. The smallest absolute Gasteiger partial charge is 0.0721 e. The van der Waals surface area contributed by atoms with E-state index in [1.165, 1.54) is 0 Å². The molecule has 0 radical (unpaired) electrons. The summed E-state index contributed by atoms with van der Waals surface area (Å²) in [6, 6.07) is 4.03. The van der Waals surface area contributed by atoms with Crippen molar-refractivity contribution in [3.8, 4) is 0 Å². The van der Waals surface area contributed by atoms with E-state index in [4.69, 9.17) is 27.9 Å². The van der Waals surface area contributed by atoms with Gasteiger partial charge in [-0.25, -0.2) is 0 Å². The van der Waals surface area contributed by atoms with Gasteiger partial charge in [0, 0.05) is 17.1 Å². The molecule has 1 fully saturated rings. The maximum Gasteiger partial charge on any atom is 0.0721 e. The molecule has 1 aliphatic heterocycles. The van der Waals surface area contributed by atoms with Gasteiger partial charge in [-0.05, 0) is 38.8 Å². The fourth-order valence-electron chi connectivity index (χ4n) is 2.24. The number of nitrogens with one attached hydrogen (secondary N) is 1. The normalized spacial score (nSPS) is 22.8. The lowest BCUT2D eigenvalue weighted by atomic mass is 9.94. The van der Waals surface area contributed by atoms with Crippen molar-refractivity contribution in [3.05, 3.63) is 26.7 Å². The molecule has 1 aliphatic rings. The zero-order valence-corrected chi connectivity index (χ0v) is 13.5. The van der Waals surface area contributed by atoms with Gasteiger partial charge in [0.2, 0.25) is 0 Å². The molecule has 0 aromatic heterocycles. The summed E-state index contributed by atoms with van der Waals surface area (Å²) in [7, 11) is 0. The molecular weight excluding hydrogens is 337 g/mol. The molecule has 0 bridgehead atoms. The highest BCUT2D eigenvalue weighted by Crippen LogP contribution is 2.36. The monoisotopic (exact) mass is 351 g/mol. The summed E-state index contributed by atoms with van der Waals surface area (Å²) >= 11 is 15.8. The summed E-state index contributed by atoms with van der Waals surface area (Å²) in [6.07, 6.45) is 1.90. The van der Waals surface area contributed by atoms with Crippen molar-refractivity contribution in [2.24, 2.45) is 0 Å². The van der Waals surface area contributed by atoms with Crippen LogP contribution in [0.25, 0.3) is 0 Å². The van der Waals surface area contributed by atoms with Crippen molar-refractivity contribution in [2.45, 2.75) is 38.3 Å². The quantitative estimate of drug-likeness (QED) is 0.796. The van der Waals surface area contributed by atoms with Crippen LogP contribution in [-0.2, 0) is 4.74 Å². The minimum Gasteiger partial charge on any atom is -0.380 e. The Bertz CT molecular complexity index is 428. The van der Waals surface area contributed by atoms with Crippen molar-refractivity contribution in [1.29, 1.82) is 0 Å². The van der Waals surface area contributed by atoms with E-state index < -0.39 is 0 Å². The van der Waals surface area contributed by atoms with Crippen molar-refractivity contribution < 1.29 is 4.74 Å². The van der Waals surface area contributed by atoms with Crippen molar-refractivity contribution >= 4 is 44.8 Å². The van der Waals surface area contributed by atoms with Crippen LogP contribution < -0.4 is 5.32 Å². The lowest BCUT2D eigenvalue weighted by Gasteiger charge is -2.36. The molecular formula is C13H16BrCl2NO. The van der Waals surface area contributed by atoms with Gasteiger partial charge >= 0.3 is 0 Å². The SMILES string of the molecule is CC1(C)CC(Nc2c(Cl)cc(Br)cc2Cl)CCO1. The number of anilines is 1. The second-order valence-electron chi connectivity index (χ2n) is 5.19. The number of ether oxygens (including phenoxy) is 1. The number of halogens is 3. The van der Waals surface area contributed by atoms with Crippen LogP contribution in [0.1, 0.15) is 26.7 Å². The van der Waals surface area contributed by atoms with Crippen molar-refractivity contribution in [3.63, 3.8) is 0 Å². The number of rotatable bonds is 2. The Balaban J connectivity index is 2.14. The van der Waals surface area contributed by atoms with Crippen LogP contribution in [0, 0.1) is 0 Å². The van der Waals surface area contributed by atoms with Gasteiger partial charge in [-0.1, -0.05) is 39.1 Å². The Kier molecular flexibility index (Phi) is 4.48. The van der Waals surface area contributed by atoms with Gasteiger partial charge in [0.25, 0.3) is 0 Å². The Morgan fingerprint density at radius 3 is 2.50 bits per heavy atom. The summed E-state index contributed by atoms with van der Waals surface area (Å²) in [4.78, 5) is 0. The van der Waals surface area contributed by atoms with E-state index in [1.807, 2.05) is 12.1 Å². The molecule has 1 unspecified atom stereocenters. The molecule has 18 heavy (non-hydrogen) atoms. The molecule has 0 saturated carbocycles. The van der Waals surface area contributed by atoms with Crippen LogP contribution in [0.15, 0.2) is 16.6 Å². The molecule has 0 aliphatic carbocycles. The molecule has 100 valence electrons. The van der Waals surface area contributed by atoms with Crippen LogP contribution >= 0.6 is 39.1 Å². The number of hydrogen-bond acceptors (Lipinski definition) is 2. The van der Waals surface area contributed by atoms with Gasteiger partial charge in [0.15, 0.2) is 0 Å².